The van der Waals surface area contributed by atoms with E-state index in [9.17, 15) is 39.9 Å². The number of benzene rings is 1. The molecule has 380 valence electrons. The number of carbonyl (C=O) groups is 4. The first-order chi connectivity index (χ1) is 33.4. The predicted octanol–water partition coefficient (Wildman–Crippen LogP) is 11.3. The van der Waals surface area contributed by atoms with Gasteiger partial charge in [0.25, 0.3) is 0 Å². The normalized spacial score (nSPS) is 12.3. The van der Waals surface area contributed by atoms with E-state index in [4.69, 9.17) is 23.7 Å². The molecule has 0 amide bonds. The summed E-state index contributed by atoms with van der Waals surface area (Å²) in [5, 5.41) is 47.3. The molecule has 0 spiro atoms. The van der Waals surface area contributed by atoms with Crippen molar-refractivity contribution in [1.29, 1.82) is 10.5 Å². The lowest BCUT2D eigenvalue weighted by atomic mass is 10.0. The number of nitrogens with zero attached hydrogens (tertiary/aromatic N) is 5. The van der Waals surface area contributed by atoms with Gasteiger partial charge in [0.1, 0.15) is 30.2 Å². The highest BCUT2D eigenvalue weighted by Crippen LogP contribution is 2.36. The van der Waals surface area contributed by atoms with Gasteiger partial charge in [0.15, 0.2) is 5.00 Å². The quantitative estimate of drug-likeness (QED) is 0.0274. The number of aliphatic carboxylic acids is 2. The largest absolute Gasteiger partial charge is 0.481 e. The van der Waals surface area contributed by atoms with Crippen LogP contribution in [0.2, 0.25) is 0 Å². The van der Waals surface area contributed by atoms with E-state index in [1.54, 1.807) is 6.92 Å². The van der Waals surface area contributed by atoms with Gasteiger partial charge in [0.2, 0.25) is 0 Å². The van der Waals surface area contributed by atoms with Gasteiger partial charge in [-0.3, -0.25) is 19.2 Å². The number of thiophene rings is 1. The number of rotatable bonds is 40. The Bertz CT molecular complexity index is 2000. The summed E-state index contributed by atoms with van der Waals surface area (Å²) in [6.07, 6.45) is 21.2. The van der Waals surface area contributed by atoms with Crippen LogP contribution in [0, 0.1) is 48.3 Å². The van der Waals surface area contributed by atoms with Crippen LogP contribution in [0.1, 0.15) is 138 Å². The molecule has 0 aliphatic carbocycles. The Morgan fingerprint density at radius 1 is 0.667 bits per heavy atom. The Morgan fingerprint density at radius 3 is 1.62 bits per heavy atom. The molecular weight excluding hydrogens is 903 g/mol. The molecule has 0 fully saturated rings. The second-order valence-corrected chi connectivity index (χ2v) is 17.7. The highest BCUT2D eigenvalue weighted by molar-refractivity contribution is 7.16. The number of allylic oxidation sites excluding steroid dienone is 4. The van der Waals surface area contributed by atoms with Crippen molar-refractivity contribution in [1.82, 2.24) is 0 Å². The molecule has 2 atom stereocenters. The van der Waals surface area contributed by atoms with E-state index in [2.05, 4.69) is 41.1 Å². The number of nitriles is 2. The lowest BCUT2D eigenvalue weighted by molar-refractivity contribution is -0.152. The van der Waals surface area contributed by atoms with Crippen LogP contribution in [-0.4, -0.2) is 100 Å². The second-order valence-electron chi connectivity index (χ2n) is 16.7. The van der Waals surface area contributed by atoms with Crippen molar-refractivity contribution in [3.8, 4) is 12.1 Å². The first kappa shape index (κ1) is 59.7. The maximum absolute atomic E-state index is 12.5. The van der Waals surface area contributed by atoms with Crippen molar-refractivity contribution in [2.24, 2.45) is 22.1 Å². The first-order valence-electron chi connectivity index (χ1n) is 24.5. The zero-order valence-electron chi connectivity index (χ0n) is 41.3. The molecular formula is C52H75N5O11S. The van der Waals surface area contributed by atoms with Crippen molar-refractivity contribution < 1.29 is 53.1 Å². The summed E-state index contributed by atoms with van der Waals surface area (Å²) in [4.78, 5) is 50.8. The van der Waals surface area contributed by atoms with Crippen LogP contribution in [0.15, 0.2) is 52.7 Å². The minimum Gasteiger partial charge on any atom is -0.481 e. The van der Waals surface area contributed by atoms with E-state index < -0.39 is 35.7 Å². The Hall–Kier alpha value is -5.46. The molecule has 2 aromatic rings. The lowest BCUT2D eigenvalue weighted by Crippen LogP contribution is -2.31. The van der Waals surface area contributed by atoms with Crippen LogP contribution in [0.5, 0.6) is 0 Å². The summed E-state index contributed by atoms with van der Waals surface area (Å²) in [5.74, 6) is -4.95. The molecule has 17 heteroatoms. The van der Waals surface area contributed by atoms with Gasteiger partial charge in [-0.2, -0.15) is 10.5 Å². The van der Waals surface area contributed by atoms with Crippen LogP contribution in [0.3, 0.4) is 0 Å². The predicted molar refractivity (Wildman–Crippen MR) is 266 cm³/mol. The van der Waals surface area contributed by atoms with Crippen molar-refractivity contribution in [2.45, 2.75) is 130 Å². The Balaban J connectivity index is 1.87. The third kappa shape index (κ3) is 26.2. The van der Waals surface area contributed by atoms with E-state index >= 15 is 0 Å². The number of hydrogen-bond donors (Lipinski definition) is 2. The third-order valence-corrected chi connectivity index (χ3v) is 12.2. The maximum atomic E-state index is 12.5. The van der Waals surface area contributed by atoms with Gasteiger partial charge in [0.05, 0.1) is 75.6 Å². The van der Waals surface area contributed by atoms with Crippen LogP contribution in [0.25, 0.3) is 0 Å². The van der Waals surface area contributed by atoms with Crippen LogP contribution < -0.4 is 4.90 Å². The minimum atomic E-state index is -1.04. The van der Waals surface area contributed by atoms with E-state index in [-0.39, 0.29) is 71.9 Å². The molecule has 1 aromatic heterocycles. The van der Waals surface area contributed by atoms with Crippen LogP contribution in [-0.2, 0) is 42.9 Å². The topological polar surface area (TPSA) is 230 Å². The average Bonchev–Trinajstić information content (AvgIpc) is 3.64. The van der Waals surface area contributed by atoms with E-state index in [1.165, 1.54) is 38.5 Å². The highest BCUT2D eigenvalue weighted by atomic mass is 32.1. The Kier molecular flexibility index (Phi) is 32.4. The van der Waals surface area contributed by atoms with Gasteiger partial charge in [-0.05, 0) is 81.7 Å². The fourth-order valence-electron chi connectivity index (χ4n) is 6.98. The highest BCUT2D eigenvalue weighted by Gasteiger charge is 2.22. The molecule has 0 bridgehead atoms. The Labute approximate surface area is 413 Å². The molecule has 0 saturated heterocycles. The van der Waals surface area contributed by atoms with Gasteiger partial charge in [-0.15, -0.1) is 21.6 Å². The molecule has 1 heterocycles. The molecule has 0 aliphatic rings. The monoisotopic (exact) mass is 978 g/mol. The molecule has 0 saturated carbocycles. The standard InChI is InChI=1S/C52H75N5O11S/c1-5-7-9-11-13-15-17-19-21-42(51(60)61)36-48(58)67-33-31-65-28-26-57(44-23-24-46(40(3)35-44)55-56-50-45(38-53)41(4)47(39-54)69-50)25-27-64-29-30-66-32-34-68-49(59)37-43(52(62)63)22-20-18-16-14-12-10-8-6-2/h17-20,23-24,35,42-43H,5-16,21-22,25-34,36-37H2,1-4H3,(H,60,61)(H,62,63)/b19-17+,20-18+,56-55+. The maximum Gasteiger partial charge on any atom is 0.307 e. The number of carbonyl (C=O) groups excluding carboxylic acids is 2. The number of ether oxygens (including phenoxy) is 5. The SMILES string of the molecule is CCCCCCC/C=C/CC(CC(=O)OCCOCCOCCN(CCOCCOC(=O)CC(C/C=C/CCCCCCC)C(=O)O)c1ccc(/N=N/c2sc(C#N)c(C)c2C#N)c(C)c1)C(=O)O. The summed E-state index contributed by atoms with van der Waals surface area (Å²) >= 11 is 1.11. The van der Waals surface area contributed by atoms with E-state index in [0.29, 0.717) is 46.4 Å². The third-order valence-electron chi connectivity index (χ3n) is 11.1. The van der Waals surface area contributed by atoms with Gasteiger partial charge in [0, 0.05) is 18.8 Å². The van der Waals surface area contributed by atoms with Crippen LogP contribution >= 0.6 is 11.3 Å². The minimum absolute atomic E-state index is 0.00612. The van der Waals surface area contributed by atoms with Gasteiger partial charge < -0.3 is 38.8 Å². The number of azo groups is 1. The van der Waals surface area contributed by atoms with Crippen molar-refractivity contribution in [3.63, 3.8) is 0 Å². The van der Waals surface area contributed by atoms with Crippen LogP contribution in [0.4, 0.5) is 16.4 Å². The van der Waals surface area contributed by atoms with Crippen molar-refractivity contribution in [2.75, 3.05) is 70.8 Å². The van der Waals surface area contributed by atoms with Gasteiger partial charge in [-0.1, -0.05) is 89.5 Å². The summed E-state index contributed by atoms with van der Waals surface area (Å²) in [6, 6.07) is 9.84. The molecule has 1 aromatic carbocycles. The number of unbranched alkanes of at least 4 members (excludes halogenated alkanes) is 10. The van der Waals surface area contributed by atoms with Crippen molar-refractivity contribution >= 4 is 51.6 Å². The number of esters is 2. The number of hydrogen-bond acceptors (Lipinski definition) is 15. The summed E-state index contributed by atoms with van der Waals surface area (Å²) < 4.78 is 27.8. The zero-order chi connectivity index (χ0) is 50.5. The first-order valence-corrected chi connectivity index (χ1v) is 25.3. The second kappa shape index (κ2) is 37.4. The molecule has 0 aliphatic heterocycles. The van der Waals surface area contributed by atoms with E-state index in [1.807, 2.05) is 49.4 Å². The number of anilines is 1. The lowest BCUT2D eigenvalue weighted by Gasteiger charge is -2.25. The molecule has 16 nitrogen and oxygen atoms in total. The molecule has 2 unspecified atom stereocenters. The van der Waals surface area contributed by atoms with Gasteiger partial charge in [-0.25, -0.2) is 0 Å². The summed E-state index contributed by atoms with van der Waals surface area (Å²) in [7, 11) is 0. The molecule has 2 rings (SSSR count). The Morgan fingerprint density at radius 2 is 1.16 bits per heavy atom. The fraction of sp³-hybridized carbons (Fsp3) is 0.615. The smallest absolute Gasteiger partial charge is 0.307 e. The summed E-state index contributed by atoms with van der Waals surface area (Å²) in [5.41, 5.74) is 3.15. The van der Waals surface area contributed by atoms with E-state index in [0.717, 1.165) is 61.1 Å². The summed E-state index contributed by atoms with van der Waals surface area (Å²) in [6.45, 7) is 10.2. The molecule has 0 radical (unpaired) electrons. The van der Waals surface area contributed by atoms with Gasteiger partial charge >= 0.3 is 23.9 Å². The zero-order valence-corrected chi connectivity index (χ0v) is 42.1. The number of carboxylic acids is 2. The van der Waals surface area contributed by atoms with Crippen molar-refractivity contribution in [3.05, 3.63) is 64.1 Å². The average molecular weight is 978 g/mol. The molecule has 2 N–H and O–H groups in total. The number of carboxylic acid groups (broad SMARTS) is 2. The molecule has 69 heavy (non-hydrogen) atoms. The fourth-order valence-corrected chi connectivity index (χ4v) is 7.86. The number of aryl methyl sites for hydroxylation is 1.